The smallest absolute Gasteiger partial charge is 0.197 e. The molecule has 0 aliphatic carbocycles. The summed E-state index contributed by atoms with van der Waals surface area (Å²) in [6.45, 7) is 8.57. The molecule has 0 aliphatic heterocycles. The molecule has 0 fully saturated rings. The van der Waals surface area contributed by atoms with E-state index < -0.39 is 0 Å². The van der Waals surface area contributed by atoms with Crippen LogP contribution in [0.2, 0.25) is 0 Å². The number of phenolic OH excluding ortho intramolecular Hbond substituents is 1. The summed E-state index contributed by atoms with van der Waals surface area (Å²) in [6, 6.07) is 10.7. The van der Waals surface area contributed by atoms with Gasteiger partial charge < -0.3 is 26.8 Å². The Bertz CT molecular complexity index is 946. The van der Waals surface area contributed by atoms with Gasteiger partial charge in [-0.2, -0.15) is 0 Å². The lowest BCUT2D eigenvalue weighted by atomic mass is 9.96. The molecule has 0 saturated carbocycles. The third-order valence-corrected chi connectivity index (χ3v) is 5.40. The van der Waals surface area contributed by atoms with Crippen molar-refractivity contribution in [3.63, 3.8) is 0 Å². The van der Waals surface area contributed by atoms with Gasteiger partial charge in [-0.15, -0.1) is 0 Å². The molecule has 1 aromatic heterocycles. The van der Waals surface area contributed by atoms with Crippen molar-refractivity contribution in [3.8, 4) is 5.75 Å². The Morgan fingerprint density at radius 2 is 1.74 bits per heavy atom. The summed E-state index contributed by atoms with van der Waals surface area (Å²) in [5.41, 5.74) is 2.56. The van der Waals surface area contributed by atoms with E-state index in [2.05, 4.69) is 29.8 Å². The van der Waals surface area contributed by atoms with Gasteiger partial charge in [-0.3, -0.25) is 4.79 Å². The maximum absolute atomic E-state index is 13.2. The van der Waals surface area contributed by atoms with Gasteiger partial charge in [-0.25, -0.2) is 0 Å². The number of halogens is 2. The van der Waals surface area contributed by atoms with E-state index in [0.29, 0.717) is 29.0 Å². The minimum Gasteiger partial charge on any atom is -1.00 e. The summed E-state index contributed by atoms with van der Waals surface area (Å²) in [5, 5.41) is 11.2. The molecule has 6 heteroatoms. The highest BCUT2D eigenvalue weighted by Gasteiger charge is 2.25. The van der Waals surface area contributed by atoms with Crippen LogP contribution in [0.3, 0.4) is 0 Å². The third kappa shape index (κ3) is 4.21. The van der Waals surface area contributed by atoms with Crippen molar-refractivity contribution in [2.24, 2.45) is 0 Å². The van der Waals surface area contributed by atoms with Crippen molar-refractivity contribution in [3.05, 3.63) is 63.3 Å². The average Bonchev–Trinajstić information content (AvgIpc) is 2.97. The number of fused-ring (bicyclic) bond motifs is 1. The van der Waals surface area contributed by atoms with Gasteiger partial charge in [0.2, 0.25) is 0 Å². The fourth-order valence-corrected chi connectivity index (χ4v) is 3.58. The van der Waals surface area contributed by atoms with Crippen LogP contribution in [0.5, 0.6) is 5.75 Å². The first-order valence-electron chi connectivity index (χ1n) is 8.84. The van der Waals surface area contributed by atoms with E-state index in [-0.39, 0.29) is 23.9 Å². The normalized spacial score (nSPS) is 11.0. The minimum atomic E-state index is -0.0878. The van der Waals surface area contributed by atoms with Gasteiger partial charge in [0.15, 0.2) is 5.78 Å². The zero-order valence-electron chi connectivity index (χ0n) is 15.6. The third-order valence-electron chi connectivity index (χ3n) is 4.88. The summed E-state index contributed by atoms with van der Waals surface area (Å²) < 4.78 is 6.78. The lowest BCUT2D eigenvalue weighted by Crippen LogP contribution is -3.10. The van der Waals surface area contributed by atoms with Crippen molar-refractivity contribution in [1.82, 2.24) is 0 Å². The SMILES string of the molecule is CC[NH+](CC)Cc1c(O)ccc2oc(C)c(C(=O)c3ccc(Br)cc3)c12.[Cl-]. The Hall–Kier alpha value is -1.82. The van der Waals surface area contributed by atoms with E-state index in [1.165, 1.54) is 4.90 Å². The number of rotatable bonds is 6. The highest BCUT2D eigenvalue weighted by molar-refractivity contribution is 9.10. The van der Waals surface area contributed by atoms with Crippen LogP contribution in [0.4, 0.5) is 0 Å². The van der Waals surface area contributed by atoms with Crippen LogP contribution in [0, 0.1) is 6.92 Å². The van der Waals surface area contributed by atoms with E-state index in [0.717, 1.165) is 28.5 Å². The molecule has 2 aromatic carbocycles. The monoisotopic (exact) mass is 451 g/mol. The Balaban J connectivity index is 0.00000261. The predicted octanol–water partition coefficient (Wildman–Crippen LogP) is 0.869. The summed E-state index contributed by atoms with van der Waals surface area (Å²) in [7, 11) is 0. The van der Waals surface area contributed by atoms with Crippen LogP contribution in [0.1, 0.15) is 41.1 Å². The fraction of sp³-hybridized carbons (Fsp3) is 0.286. The van der Waals surface area contributed by atoms with Gasteiger partial charge in [0.25, 0.3) is 0 Å². The molecular weight excluding hydrogens is 430 g/mol. The van der Waals surface area contributed by atoms with Crippen molar-refractivity contribution in [1.29, 1.82) is 0 Å². The minimum absolute atomic E-state index is 0. The number of phenols is 1. The lowest BCUT2D eigenvalue weighted by Gasteiger charge is -2.17. The molecule has 0 aliphatic rings. The summed E-state index contributed by atoms with van der Waals surface area (Å²) in [4.78, 5) is 14.5. The first-order valence-corrected chi connectivity index (χ1v) is 9.63. The average molecular weight is 453 g/mol. The maximum Gasteiger partial charge on any atom is 0.197 e. The second-order valence-electron chi connectivity index (χ2n) is 6.44. The number of hydrogen-bond donors (Lipinski definition) is 2. The number of quaternary nitrogens is 1. The van der Waals surface area contributed by atoms with Gasteiger partial charge in [-0.1, -0.05) is 15.9 Å². The molecular formula is C21H23BrClNO3. The molecule has 0 saturated heterocycles. The molecule has 1 heterocycles. The highest BCUT2D eigenvalue weighted by Crippen LogP contribution is 2.34. The molecule has 3 rings (SSSR count). The molecule has 2 N–H and O–H groups in total. The molecule has 0 radical (unpaired) electrons. The lowest BCUT2D eigenvalue weighted by molar-refractivity contribution is -0.910. The topological polar surface area (TPSA) is 54.9 Å². The van der Waals surface area contributed by atoms with E-state index in [1.54, 1.807) is 31.2 Å². The standard InChI is InChI=1S/C21H22BrNO3.ClH/c1-4-23(5-2)12-16-17(24)10-11-18-20(16)19(13(3)26-18)21(25)14-6-8-15(22)9-7-14;/h6-11,24H,4-5,12H2,1-3H3;1H. The van der Waals surface area contributed by atoms with Crippen molar-refractivity contribution < 1.29 is 31.6 Å². The predicted molar refractivity (Wildman–Crippen MR) is 106 cm³/mol. The van der Waals surface area contributed by atoms with E-state index in [9.17, 15) is 9.90 Å². The number of ketones is 1. The van der Waals surface area contributed by atoms with Gasteiger partial charge >= 0.3 is 0 Å². The first-order chi connectivity index (χ1) is 12.5. The first kappa shape index (κ1) is 21.5. The summed E-state index contributed by atoms with van der Waals surface area (Å²) in [6.07, 6.45) is 0. The van der Waals surface area contributed by atoms with Crippen molar-refractivity contribution in [2.75, 3.05) is 13.1 Å². The Kier molecular flexibility index (Phi) is 7.09. The largest absolute Gasteiger partial charge is 1.00 e. The maximum atomic E-state index is 13.2. The number of carbonyl (C=O) groups excluding carboxylic acids is 1. The van der Waals surface area contributed by atoms with Crippen LogP contribution in [0.15, 0.2) is 45.3 Å². The Labute approximate surface area is 173 Å². The van der Waals surface area contributed by atoms with Crippen LogP contribution in [-0.2, 0) is 6.54 Å². The quantitative estimate of drug-likeness (QED) is 0.546. The number of furan rings is 1. The number of hydrogen-bond acceptors (Lipinski definition) is 3. The molecule has 0 amide bonds. The Morgan fingerprint density at radius 1 is 1.11 bits per heavy atom. The number of carbonyl (C=O) groups is 1. The molecule has 0 spiro atoms. The second-order valence-corrected chi connectivity index (χ2v) is 7.36. The molecule has 3 aromatic rings. The van der Waals surface area contributed by atoms with Gasteiger partial charge in [0.1, 0.15) is 23.6 Å². The number of aryl methyl sites for hydroxylation is 1. The zero-order valence-corrected chi connectivity index (χ0v) is 17.9. The van der Waals surface area contributed by atoms with Crippen LogP contribution in [-0.4, -0.2) is 24.0 Å². The van der Waals surface area contributed by atoms with Crippen LogP contribution < -0.4 is 17.3 Å². The fourth-order valence-electron chi connectivity index (χ4n) is 3.31. The van der Waals surface area contributed by atoms with Crippen molar-refractivity contribution in [2.45, 2.75) is 27.3 Å². The molecule has 0 unspecified atom stereocenters. The van der Waals surface area contributed by atoms with E-state index >= 15 is 0 Å². The Morgan fingerprint density at radius 3 is 2.33 bits per heavy atom. The molecule has 0 atom stereocenters. The second kappa shape index (κ2) is 8.91. The summed E-state index contributed by atoms with van der Waals surface area (Å²) in [5.74, 6) is 0.701. The molecule has 27 heavy (non-hydrogen) atoms. The van der Waals surface area contributed by atoms with Crippen molar-refractivity contribution >= 4 is 32.7 Å². The molecule has 0 bridgehead atoms. The number of aromatic hydroxyl groups is 1. The molecule has 4 nitrogen and oxygen atoms in total. The number of nitrogens with one attached hydrogen (secondary N) is 1. The zero-order chi connectivity index (χ0) is 18.8. The van der Waals surface area contributed by atoms with Gasteiger partial charge in [-0.05, 0) is 57.2 Å². The van der Waals surface area contributed by atoms with E-state index in [1.807, 2.05) is 12.1 Å². The molecule has 144 valence electrons. The number of benzene rings is 2. The van der Waals surface area contributed by atoms with Gasteiger partial charge in [0.05, 0.1) is 24.2 Å². The van der Waals surface area contributed by atoms with Crippen LogP contribution in [0.25, 0.3) is 11.0 Å². The summed E-state index contributed by atoms with van der Waals surface area (Å²) >= 11 is 3.40. The van der Waals surface area contributed by atoms with E-state index in [4.69, 9.17) is 4.42 Å². The van der Waals surface area contributed by atoms with Crippen LogP contribution >= 0.6 is 15.9 Å². The highest BCUT2D eigenvalue weighted by atomic mass is 79.9. The van der Waals surface area contributed by atoms with Gasteiger partial charge in [0, 0.05) is 15.4 Å².